The molecule has 39 heavy (non-hydrogen) atoms. The minimum atomic E-state index is -0.796. The third-order valence-corrected chi connectivity index (χ3v) is 6.45. The number of hydrogen-bond acceptors (Lipinski definition) is 9. The summed E-state index contributed by atoms with van der Waals surface area (Å²) < 4.78 is 0. The number of aryl methyl sites for hydroxylation is 1. The second-order valence-electron chi connectivity index (χ2n) is 8.81. The first-order chi connectivity index (χ1) is 18.7. The lowest BCUT2D eigenvalue weighted by molar-refractivity contribution is -0.126. The molecule has 0 saturated heterocycles. The van der Waals surface area contributed by atoms with Crippen LogP contribution in [-0.2, 0) is 11.3 Å². The number of amidine groups is 1. The first kappa shape index (κ1) is 27.8. The molecule has 0 unspecified atom stereocenters. The Hall–Kier alpha value is -4.26. The van der Waals surface area contributed by atoms with Crippen molar-refractivity contribution in [3.05, 3.63) is 70.1 Å². The Kier molecular flexibility index (Phi) is 8.59. The summed E-state index contributed by atoms with van der Waals surface area (Å²) in [6.45, 7) is 3.39. The van der Waals surface area contributed by atoms with E-state index in [9.17, 15) is 14.7 Å². The molecule has 0 aliphatic carbocycles. The molecule has 1 aromatic carbocycles. The molecule has 13 heteroatoms. The lowest BCUT2D eigenvalue weighted by Gasteiger charge is -2.25. The van der Waals surface area contributed by atoms with E-state index in [1.54, 1.807) is 44.3 Å². The number of aliphatic hydroxyl groups excluding tert-OH is 1. The van der Waals surface area contributed by atoms with E-state index in [1.807, 2.05) is 13.0 Å². The summed E-state index contributed by atoms with van der Waals surface area (Å²) in [5.74, 6) is -0.441. The summed E-state index contributed by atoms with van der Waals surface area (Å²) in [6.07, 6.45) is 2.41. The quantitative estimate of drug-likeness (QED) is 0.153. The number of nitrogens with one attached hydrogen (secondary N) is 4. The van der Waals surface area contributed by atoms with Crippen molar-refractivity contribution in [2.45, 2.75) is 32.5 Å². The van der Waals surface area contributed by atoms with E-state index in [4.69, 9.17) is 17.0 Å². The SMILES string of the molecule is CNN/C(C=N)=N\c1ncc(Cl)c(-c2ccc3c(c2)C(=O)N([C@H](C)C(=O)N[C@H](CO)c2cccc(C)n2)C3)n1. The van der Waals surface area contributed by atoms with Gasteiger partial charge in [0.25, 0.3) is 11.9 Å². The van der Waals surface area contributed by atoms with Crippen molar-refractivity contribution in [3.8, 4) is 11.3 Å². The summed E-state index contributed by atoms with van der Waals surface area (Å²) in [4.78, 5) is 44.9. The van der Waals surface area contributed by atoms with Crippen molar-refractivity contribution in [1.82, 2.24) is 36.0 Å². The van der Waals surface area contributed by atoms with E-state index in [0.717, 1.165) is 17.5 Å². The van der Waals surface area contributed by atoms with Crippen molar-refractivity contribution in [3.63, 3.8) is 0 Å². The maximum Gasteiger partial charge on any atom is 0.255 e. The van der Waals surface area contributed by atoms with E-state index in [-0.39, 0.29) is 35.9 Å². The Morgan fingerprint density at radius 2 is 2.10 bits per heavy atom. The Labute approximate surface area is 230 Å². The van der Waals surface area contributed by atoms with Crippen LogP contribution < -0.4 is 16.2 Å². The first-order valence-electron chi connectivity index (χ1n) is 12.1. The van der Waals surface area contributed by atoms with Gasteiger partial charge >= 0.3 is 0 Å². The van der Waals surface area contributed by atoms with Crippen molar-refractivity contribution in [2.75, 3.05) is 13.7 Å². The van der Waals surface area contributed by atoms with E-state index in [2.05, 4.69) is 36.1 Å². The van der Waals surface area contributed by atoms with E-state index in [0.29, 0.717) is 22.5 Å². The largest absolute Gasteiger partial charge is 0.394 e. The third kappa shape index (κ3) is 6.08. The molecule has 4 rings (SSSR count). The Bertz CT molecular complexity index is 1450. The molecule has 0 fully saturated rings. The van der Waals surface area contributed by atoms with Crippen LogP contribution in [0, 0.1) is 12.3 Å². The smallest absolute Gasteiger partial charge is 0.255 e. The number of fused-ring (bicyclic) bond motifs is 1. The van der Waals surface area contributed by atoms with Crippen LogP contribution in [0.3, 0.4) is 0 Å². The predicted octanol–water partition coefficient (Wildman–Crippen LogP) is 2.10. The van der Waals surface area contributed by atoms with Gasteiger partial charge in [-0.05, 0) is 37.6 Å². The van der Waals surface area contributed by atoms with Crippen LogP contribution in [0.4, 0.5) is 5.95 Å². The van der Waals surface area contributed by atoms with Gasteiger partial charge in [-0.2, -0.15) is 4.99 Å². The highest BCUT2D eigenvalue weighted by atomic mass is 35.5. The molecule has 2 atom stereocenters. The number of aromatic nitrogens is 3. The number of hydrazine groups is 1. The molecule has 202 valence electrons. The second-order valence-corrected chi connectivity index (χ2v) is 9.22. The van der Waals surface area contributed by atoms with Crippen LogP contribution >= 0.6 is 11.6 Å². The Morgan fingerprint density at radius 3 is 2.79 bits per heavy atom. The molecule has 3 heterocycles. The van der Waals surface area contributed by atoms with E-state index < -0.39 is 18.0 Å². The van der Waals surface area contributed by atoms with Gasteiger partial charge in [0.1, 0.15) is 6.04 Å². The fourth-order valence-corrected chi connectivity index (χ4v) is 4.34. The average molecular weight is 550 g/mol. The van der Waals surface area contributed by atoms with E-state index >= 15 is 0 Å². The number of hydrogen-bond donors (Lipinski definition) is 5. The number of aliphatic hydroxyl groups is 1. The van der Waals surface area contributed by atoms with Gasteiger partial charge < -0.3 is 26.2 Å². The lowest BCUT2D eigenvalue weighted by atomic mass is 10.0. The molecule has 3 aromatic rings. The fourth-order valence-electron chi connectivity index (χ4n) is 4.13. The van der Waals surface area contributed by atoms with Gasteiger partial charge in [0.15, 0.2) is 5.84 Å². The monoisotopic (exact) mass is 549 g/mol. The summed E-state index contributed by atoms with van der Waals surface area (Å²) in [7, 11) is 1.63. The minimum absolute atomic E-state index is 0.0796. The Morgan fingerprint density at radius 1 is 1.31 bits per heavy atom. The molecule has 1 aliphatic heterocycles. The Balaban J connectivity index is 1.54. The molecule has 0 radical (unpaired) electrons. The normalized spacial score (nSPS) is 14.5. The number of pyridine rings is 1. The topological polar surface area (TPSA) is 169 Å². The van der Waals surface area contributed by atoms with Gasteiger partial charge in [0.2, 0.25) is 5.91 Å². The van der Waals surface area contributed by atoms with Gasteiger partial charge in [-0.1, -0.05) is 29.8 Å². The average Bonchev–Trinajstić information content (AvgIpc) is 3.27. The van der Waals surface area contributed by atoms with Crippen molar-refractivity contribution < 1.29 is 14.7 Å². The van der Waals surface area contributed by atoms with Crippen LogP contribution in [0.5, 0.6) is 0 Å². The highest BCUT2D eigenvalue weighted by Crippen LogP contribution is 2.32. The molecule has 0 bridgehead atoms. The zero-order valence-electron chi connectivity index (χ0n) is 21.6. The van der Waals surface area contributed by atoms with Gasteiger partial charge in [-0.3, -0.25) is 14.6 Å². The first-order valence-corrected chi connectivity index (χ1v) is 12.5. The number of carbonyl (C=O) groups excluding carboxylic acids is 2. The summed E-state index contributed by atoms with van der Waals surface area (Å²) in [6, 6.07) is 9.14. The molecule has 1 aliphatic rings. The molecule has 5 N–H and O–H groups in total. The molecular formula is C26H28ClN9O3. The van der Waals surface area contributed by atoms with E-state index in [1.165, 1.54) is 11.1 Å². The third-order valence-electron chi connectivity index (χ3n) is 6.17. The van der Waals surface area contributed by atoms with Gasteiger partial charge in [-0.25, -0.2) is 15.4 Å². The lowest BCUT2D eigenvalue weighted by Crippen LogP contribution is -2.46. The number of halogens is 1. The van der Waals surface area contributed by atoms with Gasteiger partial charge in [-0.15, -0.1) is 0 Å². The van der Waals surface area contributed by atoms with Crippen molar-refractivity contribution >= 4 is 41.4 Å². The maximum absolute atomic E-state index is 13.4. The standard InChI is InChI=1S/C26H28ClN9O3/c1-14-5-4-6-20(31-14)21(13-37)32-24(38)15(2)36-12-17-8-7-16(9-18(17)25(36)39)23-19(27)11-30-26(34-23)33-22(10-28)35-29-3/h4-11,15,21,28-29,37H,12-13H2,1-3H3,(H,32,38)(H,30,33,34,35)/t15-,21-/m1/s1. The van der Waals surface area contributed by atoms with Crippen LogP contribution in [-0.4, -0.2) is 68.5 Å². The highest BCUT2D eigenvalue weighted by Gasteiger charge is 2.35. The molecule has 12 nitrogen and oxygen atoms in total. The number of amides is 2. The van der Waals surface area contributed by atoms with Crippen molar-refractivity contribution in [1.29, 1.82) is 5.41 Å². The van der Waals surface area contributed by atoms with Crippen LogP contribution in [0.25, 0.3) is 11.3 Å². The van der Waals surface area contributed by atoms with Crippen LogP contribution in [0.2, 0.25) is 5.02 Å². The van der Waals surface area contributed by atoms with Crippen LogP contribution in [0.15, 0.2) is 47.6 Å². The zero-order valence-corrected chi connectivity index (χ0v) is 22.3. The fraction of sp³-hybridized carbons (Fsp3) is 0.269. The molecule has 2 amide bonds. The number of aliphatic imine (C=N–C) groups is 1. The zero-order chi connectivity index (χ0) is 28.1. The van der Waals surface area contributed by atoms with Gasteiger partial charge in [0, 0.05) is 30.4 Å². The van der Waals surface area contributed by atoms with Crippen LogP contribution in [0.1, 0.15) is 40.3 Å². The molecular weight excluding hydrogens is 522 g/mol. The van der Waals surface area contributed by atoms with Gasteiger partial charge in [0.05, 0.1) is 41.5 Å². The summed E-state index contributed by atoms with van der Waals surface area (Å²) in [5.41, 5.74) is 8.81. The summed E-state index contributed by atoms with van der Waals surface area (Å²) in [5, 5.41) is 20.3. The predicted molar refractivity (Wildman–Crippen MR) is 147 cm³/mol. The van der Waals surface area contributed by atoms with Crippen molar-refractivity contribution in [2.24, 2.45) is 4.99 Å². The second kappa shape index (κ2) is 12.1. The molecule has 2 aromatic heterocycles. The number of nitrogens with zero attached hydrogens (tertiary/aromatic N) is 5. The summed E-state index contributed by atoms with van der Waals surface area (Å²) >= 11 is 6.37. The number of benzene rings is 1. The molecule has 0 spiro atoms. The highest BCUT2D eigenvalue weighted by molar-refractivity contribution is 6.33. The maximum atomic E-state index is 13.4. The number of rotatable bonds is 9. The number of carbonyl (C=O) groups is 2. The minimum Gasteiger partial charge on any atom is -0.394 e. The molecule has 0 saturated carbocycles.